The van der Waals surface area contributed by atoms with Crippen LogP contribution in [-0.2, 0) is 4.74 Å². The fraction of sp³-hybridized carbons (Fsp3) is 0.500. The van der Waals surface area contributed by atoms with Crippen molar-refractivity contribution in [2.75, 3.05) is 25.4 Å². The van der Waals surface area contributed by atoms with Crippen LogP contribution in [0.5, 0.6) is 0 Å². The first-order valence-corrected chi connectivity index (χ1v) is 6.95. The number of rotatable bonds is 4. The summed E-state index contributed by atoms with van der Waals surface area (Å²) in [6.07, 6.45) is 2.25. The van der Waals surface area contributed by atoms with E-state index in [-0.39, 0.29) is 12.0 Å². The van der Waals surface area contributed by atoms with Gasteiger partial charge in [-0.3, -0.25) is 4.79 Å². The van der Waals surface area contributed by atoms with Gasteiger partial charge in [-0.25, -0.2) is 0 Å². The quantitative estimate of drug-likeness (QED) is 0.864. The number of nitrogens with zero attached hydrogens (tertiary/aromatic N) is 1. The Labute approximate surface area is 118 Å². The third kappa shape index (κ3) is 3.39. The number of hydrogen-bond acceptors (Lipinski definition) is 3. The van der Waals surface area contributed by atoms with Crippen molar-refractivity contribution in [3.63, 3.8) is 0 Å². The first-order valence-electron chi connectivity index (χ1n) is 6.57. The molecule has 5 heteroatoms. The molecule has 1 fully saturated rings. The molecule has 1 atom stereocenters. The van der Waals surface area contributed by atoms with Gasteiger partial charge in [-0.2, -0.15) is 0 Å². The lowest BCUT2D eigenvalue weighted by atomic mass is 10.1. The standard InChI is InChI=1S/C14H19ClN2O2/c1-2-17(9-11-4-3-7-19-11)14(18)10-5-6-13(16)12(15)8-10/h5-6,8,11H,2-4,7,9,16H2,1H3. The molecule has 1 aliphatic rings. The van der Waals surface area contributed by atoms with Crippen LogP contribution in [0.1, 0.15) is 30.1 Å². The van der Waals surface area contributed by atoms with Crippen LogP contribution in [0.2, 0.25) is 5.02 Å². The van der Waals surface area contributed by atoms with Gasteiger partial charge in [-0.05, 0) is 38.0 Å². The molecule has 4 nitrogen and oxygen atoms in total. The molecule has 1 aromatic carbocycles. The van der Waals surface area contributed by atoms with E-state index in [9.17, 15) is 4.79 Å². The number of benzene rings is 1. The van der Waals surface area contributed by atoms with Crippen molar-refractivity contribution < 1.29 is 9.53 Å². The van der Waals surface area contributed by atoms with Gasteiger partial charge in [-0.1, -0.05) is 11.6 Å². The number of ether oxygens (including phenoxy) is 1. The molecule has 2 rings (SSSR count). The van der Waals surface area contributed by atoms with E-state index >= 15 is 0 Å². The average Bonchev–Trinajstić information content (AvgIpc) is 2.91. The summed E-state index contributed by atoms with van der Waals surface area (Å²) in [4.78, 5) is 14.2. The number of hydrogen-bond donors (Lipinski definition) is 1. The summed E-state index contributed by atoms with van der Waals surface area (Å²) >= 11 is 5.96. The van der Waals surface area contributed by atoms with Crippen LogP contribution in [0.3, 0.4) is 0 Å². The van der Waals surface area contributed by atoms with Crippen LogP contribution in [0, 0.1) is 0 Å². The topological polar surface area (TPSA) is 55.6 Å². The molecule has 1 aliphatic heterocycles. The Morgan fingerprint density at radius 3 is 2.95 bits per heavy atom. The molecule has 1 amide bonds. The van der Waals surface area contributed by atoms with Crippen LogP contribution < -0.4 is 5.73 Å². The minimum Gasteiger partial charge on any atom is -0.398 e. The van der Waals surface area contributed by atoms with Crippen molar-refractivity contribution in [2.24, 2.45) is 0 Å². The van der Waals surface area contributed by atoms with Crippen molar-refractivity contribution in [1.82, 2.24) is 4.90 Å². The van der Waals surface area contributed by atoms with Gasteiger partial charge < -0.3 is 15.4 Å². The van der Waals surface area contributed by atoms with Crippen LogP contribution >= 0.6 is 11.6 Å². The highest BCUT2D eigenvalue weighted by molar-refractivity contribution is 6.33. The maximum Gasteiger partial charge on any atom is 0.253 e. The second-order valence-electron chi connectivity index (χ2n) is 4.72. The second-order valence-corrected chi connectivity index (χ2v) is 5.12. The van der Waals surface area contributed by atoms with Crippen molar-refractivity contribution in [3.05, 3.63) is 28.8 Å². The molecule has 1 unspecified atom stereocenters. The van der Waals surface area contributed by atoms with Gasteiger partial charge >= 0.3 is 0 Å². The molecule has 1 heterocycles. The largest absolute Gasteiger partial charge is 0.398 e. The van der Waals surface area contributed by atoms with Gasteiger partial charge in [0.25, 0.3) is 5.91 Å². The van der Waals surface area contributed by atoms with E-state index in [1.807, 2.05) is 6.92 Å². The summed E-state index contributed by atoms with van der Waals surface area (Å²) in [5.41, 5.74) is 6.71. The Kier molecular flexibility index (Phi) is 4.66. The highest BCUT2D eigenvalue weighted by Gasteiger charge is 2.22. The SMILES string of the molecule is CCN(CC1CCCO1)C(=O)c1ccc(N)c(Cl)c1. The summed E-state index contributed by atoms with van der Waals surface area (Å²) in [6, 6.07) is 4.99. The zero-order valence-corrected chi connectivity index (χ0v) is 11.8. The molecule has 0 saturated carbocycles. The van der Waals surface area contributed by atoms with Crippen molar-refractivity contribution in [3.8, 4) is 0 Å². The Bertz CT molecular complexity index is 459. The maximum atomic E-state index is 12.4. The molecule has 1 aromatic rings. The molecular weight excluding hydrogens is 264 g/mol. The molecule has 19 heavy (non-hydrogen) atoms. The highest BCUT2D eigenvalue weighted by Crippen LogP contribution is 2.21. The fourth-order valence-electron chi connectivity index (χ4n) is 2.23. The lowest BCUT2D eigenvalue weighted by molar-refractivity contribution is 0.0539. The minimum absolute atomic E-state index is 0.0279. The fourth-order valence-corrected chi connectivity index (χ4v) is 2.41. The van der Waals surface area contributed by atoms with E-state index < -0.39 is 0 Å². The smallest absolute Gasteiger partial charge is 0.253 e. The summed E-state index contributed by atoms with van der Waals surface area (Å²) in [5.74, 6) is -0.0279. The number of likely N-dealkylation sites (N-methyl/N-ethyl adjacent to an activating group) is 1. The average molecular weight is 283 g/mol. The summed E-state index contributed by atoms with van der Waals surface area (Å²) < 4.78 is 5.57. The number of nitrogen functional groups attached to an aromatic ring is 1. The van der Waals surface area contributed by atoms with Gasteiger partial charge in [0.1, 0.15) is 0 Å². The molecule has 0 spiro atoms. The molecule has 2 N–H and O–H groups in total. The molecular formula is C14H19ClN2O2. The zero-order chi connectivity index (χ0) is 13.8. The summed E-state index contributed by atoms with van der Waals surface area (Å²) in [5, 5.41) is 0.416. The summed E-state index contributed by atoms with van der Waals surface area (Å²) in [7, 11) is 0. The zero-order valence-electron chi connectivity index (χ0n) is 11.1. The number of anilines is 1. The molecule has 1 saturated heterocycles. The molecule has 0 bridgehead atoms. The van der Waals surface area contributed by atoms with E-state index in [0.29, 0.717) is 29.4 Å². The number of halogens is 1. The predicted molar refractivity (Wildman–Crippen MR) is 76.4 cm³/mol. The van der Waals surface area contributed by atoms with Crippen molar-refractivity contribution in [1.29, 1.82) is 0 Å². The minimum atomic E-state index is -0.0279. The van der Waals surface area contributed by atoms with Crippen molar-refractivity contribution >= 4 is 23.2 Å². The van der Waals surface area contributed by atoms with E-state index in [0.717, 1.165) is 19.4 Å². The van der Waals surface area contributed by atoms with Crippen LogP contribution in [0.25, 0.3) is 0 Å². The Balaban J connectivity index is 2.08. The van der Waals surface area contributed by atoms with E-state index in [1.165, 1.54) is 0 Å². The van der Waals surface area contributed by atoms with Crippen molar-refractivity contribution in [2.45, 2.75) is 25.9 Å². The number of amides is 1. The van der Waals surface area contributed by atoms with Crippen LogP contribution in [0.15, 0.2) is 18.2 Å². The van der Waals surface area contributed by atoms with Crippen LogP contribution in [-0.4, -0.2) is 36.6 Å². The maximum absolute atomic E-state index is 12.4. The van der Waals surface area contributed by atoms with Gasteiger partial charge in [0.15, 0.2) is 0 Å². The monoisotopic (exact) mass is 282 g/mol. The number of carbonyl (C=O) groups excluding carboxylic acids is 1. The number of carbonyl (C=O) groups is 1. The lowest BCUT2D eigenvalue weighted by Crippen LogP contribution is -2.37. The predicted octanol–water partition coefficient (Wildman–Crippen LogP) is 2.56. The molecule has 104 valence electrons. The lowest BCUT2D eigenvalue weighted by Gasteiger charge is -2.24. The van der Waals surface area contributed by atoms with Gasteiger partial charge in [0.2, 0.25) is 0 Å². The molecule has 0 aliphatic carbocycles. The first-order chi connectivity index (χ1) is 9.11. The van der Waals surface area contributed by atoms with Gasteiger partial charge in [0.05, 0.1) is 16.8 Å². The highest BCUT2D eigenvalue weighted by atomic mass is 35.5. The van der Waals surface area contributed by atoms with Gasteiger partial charge in [-0.15, -0.1) is 0 Å². The molecule has 0 radical (unpaired) electrons. The Morgan fingerprint density at radius 2 is 2.37 bits per heavy atom. The van der Waals surface area contributed by atoms with E-state index in [1.54, 1.807) is 23.1 Å². The first kappa shape index (κ1) is 14.2. The molecule has 0 aromatic heterocycles. The van der Waals surface area contributed by atoms with Crippen LogP contribution in [0.4, 0.5) is 5.69 Å². The second kappa shape index (κ2) is 6.26. The summed E-state index contributed by atoms with van der Waals surface area (Å²) in [6.45, 7) is 4.05. The normalized spacial score (nSPS) is 18.5. The number of nitrogens with two attached hydrogens (primary N) is 1. The van der Waals surface area contributed by atoms with Gasteiger partial charge in [0, 0.05) is 25.3 Å². The Hall–Kier alpha value is -1.26. The third-order valence-electron chi connectivity index (χ3n) is 3.36. The van der Waals surface area contributed by atoms with E-state index in [4.69, 9.17) is 22.1 Å². The third-order valence-corrected chi connectivity index (χ3v) is 3.69. The van der Waals surface area contributed by atoms with E-state index in [2.05, 4.69) is 0 Å². The Morgan fingerprint density at radius 1 is 1.58 bits per heavy atom.